The van der Waals surface area contributed by atoms with Crippen molar-refractivity contribution in [1.82, 2.24) is 4.72 Å². The molecule has 4 saturated carbocycles. The second-order valence-corrected chi connectivity index (χ2v) is 8.47. The van der Waals surface area contributed by atoms with Crippen LogP contribution in [0.25, 0.3) is 0 Å². The molecule has 3 N–H and O–H groups in total. The van der Waals surface area contributed by atoms with Gasteiger partial charge in [0.25, 0.3) is 0 Å². The molecular weight excluding hydrogens is 236 g/mol. The molecule has 4 bridgehead atoms. The average Bonchev–Trinajstić information content (AvgIpc) is 2.21. The second kappa shape index (κ2) is 3.68. The lowest BCUT2D eigenvalue weighted by atomic mass is 9.48. The average molecular weight is 258 g/mol. The van der Waals surface area contributed by atoms with Crippen LogP contribution < -0.4 is 10.5 Å². The van der Waals surface area contributed by atoms with Gasteiger partial charge in [-0.3, -0.25) is 0 Å². The van der Waals surface area contributed by atoms with Crippen molar-refractivity contribution in [3.05, 3.63) is 0 Å². The van der Waals surface area contributed by atoms with E-state index in [-0.39, 0.29) is 5.41 Å². The van der Waals surface area contributed by atoms with Crippen molar-refractivity contribution in [3.63, 3.8) is 0 Å². The van der Waals surface area contributed by atoms with Gasteiger partial charge < -0.3 is 5.73 Å². The topological polar surface area (TPSA) is 72.2 Å². The Morgan fingerprint density at radius 3 is 2.35 bits per heavy atom. The van der Waals surface area contributed by atoms with Gasteiger partial charge in [-0.15, -0.1) is 0 Å². The van der Waals surface area contributed by atoms with E-state index in [0.29, 0.717) is 24.4 Å². The summed E-state index contributed by atoms with van der Waals surface area (Å²) in [7, 11) is -3.06. The first kappa shape index (κ1) is 11.9. The van der Waals surface area contributed by atoms with Crippen LogP contribution in [-0.2, 0) is 10.0 Å². The first-order valence-corrected chi connectivity index (χ1v) is 8.46. The van der Waals surface area contributed by atoms with Gasteiger partial charge in [-0.05, 0) is 55.3 Å². The first-order chi connectivity index (χ1) is 7.87. The highest BCUT2D eigenvalue weighted by Crippen LogP contribution is 2.59. The summed E-state index contributed by atoms with van der Waals surface area (Å²) < 4.78 is 25.2. The Morgan fingerprint density at radius 2 is 1.82 bits per heavy atom. The maximum Gasteiger partial charge on any atom is 0.208 e. The standard InChI is InChI=1S/C12H22N2O2S/c1-17(15,16)14-7-12-4-8-2-9(5-12)11(13)10(3-8)6-12/h8-11,14H,2-7,13H2,1H3. The molecule has 0 aromatic carbocycles. The Balaban J connectivity index is 1.76. The third kappa shape index (κ3) is 2.13. The van der Waals surface area contributed by atoms with Gasteiger partial charge in [-0.25, -0.2) is 13.1 Å². The summed E-state index contributed by atoms with van der Waals surface area (Å²) in [5.74, 6) is 2.08. The lowest BCUT2D eigenvalue weighted by molar-refractivity contribution is -0.0629. The summed E-state index contributed by atoms with van der Waals surface area (Å²) in [6.07, 6.45) is 7.26. The number of hydrogen-bond acceptors (Lipinski definition) is 3. The van der Waals surface area contributed by atoms with Crippen molar-refractivity contribution < 1.29 is 8.42 Å². The number of hydrogen-bond donors (Lipinski definition) is 2. The molecule has 0 aromatic heterocycles. The minimum Gasteiger partial charge on any atom is -0.327 e. The van der Waals surface area contributed by atoms with Gasteiger partial charge >= 0.3 is 0 Å². The van der Waals surface area contributed by atoms with Crippen LogP contribution in [0, 0.1) is 23.2 Å². The monoisotopic (exact) mass is 258 g/mol. The van der Waals surface area contributed by atoms with E-state index in [9.17, 15) is 8.42 Å². The van der Waals surface area contributed by atoms with Crippen LogP contribution in [0.5, 0.6) is 0 Å². The Hall–Kier alpha value is -0.130. The van der Waals surface area contributed by atoms with E-state index in [1.165, 1.54) is 25.5 Å². The molecule has 4 aliphatic carbocycles. The molecule has 0 aromatic rings. The van der Waals surface area contributed by atoms with Crippen molar-refractivity contribution in [2.75, 3.05) is 12.8 Å². The minimum absolute atomic E-state index is 0.218. The van der Waals surface area contributed by atoms with Crippen LogP contribution in [0.4, 0.5) is 0 Å². The van der Waals surface area contributed by atoms with E-state index in [4.69, 9.17) is 5.73 Å². The summed E-state index contributed by atoms with van der Waals surface area (Å²) in [5.41, 5.74) is 6.49. The van der Waals surface area contributed by atoms with Crippen molar-refractivity contribution in [2.45, 2.75) is 38.1 Å². The summed E-state index contributed by atoms with van der Waals surface area (Å²) in [4.78, 5) is 0. The molecule has 4 nitrogen and oxygen atoms in total. The van der Waals surface area contributed by atoms with E-state index >= 15 is 0 Å². The maximum absolute atomic E-state index is 11.3. The number of nitrogens with one attached hydrogen (secondary N) is 1. The molecule has 2 unspecified atom stereocenters. The second-order valence-electron chi connectivity index (χ2n) is 6.64. The van der Waals surface area contributed by atoms with E-state index in [1.807, 2.05) is 0 Å². The smallest absolute Gasteiger partial charge is 0.208 e. The van der Waals surface area contributed by atoms with Gasteiger partial charge in [-0.1, -0.05) is 0 Å². The minimum atomic E-state index is -3.06. The quantitative estimate of drug-likeness (QED) is 0.782. The molecule has 0 saturated heterocycles. The molecule has 0 heterocycles. The molecule has 4 fully saturated rings. The normalized spacial score (nSPS) is 48.6. The molecule has 17 heavy (non-hydrogen) atoms. The summed E-state index contributed by atoms with van der Waals surface area (Å²) in [6.45, 7) is 0.627. The zero-order valence-electron chi connectivity index (χ0n) is 10.4. The van der Waals surface area contributed by atoms with E-state index < -0.39 is 10.0 Å². The molecule has 4 aliphatic rings. The van der Waals surface area contributed by atoms with Crippen molar-refractivity contribution in [2.24, 2.45) is 28.9 Å². The van der Waals surface area contributed by atoms with Gasteiger partial charge in [0.2, 0.25) is 10.0 Å². The number of rotatable bonds is 3. The molecule has 0 amide bonds. The van der Waals surface area contributed by atoms with Gasteiger partial charge in [-0.2, -0.15) is 0 Å². The molecule has 4 rings (SSSR count). The molecule has 2 atom stereocenters. The predicted octanol–water partition coefficient (Wildman–Crippen LogP) is 0.689. The van der Waals surface area contributed by atoms with Crippen molar-refractivity contribution in [1.29, 1.82) is 0 Å². The highest BCUT2D eigenvalue weighted by molar-refractivity contribution is 7.88. The molecule has 5 heteroatoms. The molecular formula is C12H22N2O2S. The summed E-state index contributed by atoms with van der Waals surface area (Å²) >= 11 is 0. The SMILES string of the molecule is CS(=O)(=O)NCC12CC3CC(C1)C(N)C(C3)C2. The highest BCUT2D eigenvalue weighted by atomic mass is 32.2. The fourth-order valence-electron chi connectivity index (χ4n) is 4.73. The van der Waals surface area contributed by atoms with Gasteiger partial charge in [0.15, 0.2) is 0 Å². The zero-order valence-corrected chi connectivity index (χ0v) is 11.2. The van der Waals surface area contributed by atoms with Crippen LogP contribution in [0.2, 0.25) is 0 Å². The van der Waals surface area contributed by atoms with E-state index in [1.54, 1.807) is 0 Å². The lowest BCUT2D eigenvalue weighted by Crippen LogP contribution is -2.59. The van der Waals surface area contributed by atoms with Crippen LogP contribution in [0.1, 0.15) is 32.1 Å². The third-order valence-electron chi connectivity index (χ3n) is 5.18. The lowest BCUT2D eigenvalue weighted by Gasteiger charge is -2.59. The Kier molecular flexibility index (Phi) is 2.58. The Bertz CT molecular complexity index is 404. The third-order valence-corrected chi connectivity index (χ3v) is 5.85. The zero-order chi connectivity index (χ0) is 12.3. The van der Waals surface area contributed by atoms with Crippen molar-refractivity contribution >= 4 is 10.0 Å². The highest BCUT2D eigenvalue weighted by Gasteiger charge is 2.54. The first-order valence-electron chi connectivity index (χ1n) is 6.57. The fraction of sp³-hybridized carbons (Fsp3) is 1.00. The van der Waals surface area contributed by atoms with Crippen LogP contribution >= 0.6 is 0 Å². The van der Waals surface area contributed by atoms with Gasteiger partial charge in [0.05, 0.1) is 6.26 Å². The maximum atomic E-state index is 11.3. The van der Waals surface area contributed by atoms with Crippen LogP contribution in [-0.4, -0.2) is 27.3 Å². The van der Waals surface area contributed by atoms with Crippen molar-refractivity contribution in [3.8, 4) is 0 Å². The fourth-order valence-corrected chi connectivity index (χ4v) is 5.30. The van der Waals surface area contributed by atoms with Gasteiger partial charge in [0, 0.05) is 12.6 Å². The number of nitrogens with two attached hydrogens (primary N) is 1. The number of sulfonamides is 1. The molecule has 0 spiro atoms. The van der Waals surface area contributed by atoms with E-state index in [2.05, 4.69) is 4.72 Å². The molecule has 0 radical (unpaired) electrons. The Morgan fingerprint density at radius 1 is 1.24 bits per heavy atom. The predicted molar refractivity (Wildman–Crippen MR) is 66.8 cm³/mol. The van der Waals surface area contributed by atoms with Crippen LogP contribution in [0.15, 0.2) is 0 Å². The van der Waals surface area contributed by atoms with Crippen LogP contribution in [0.3, 0.4) is 0 Å². The molecule has 98 valence electrons. The van der Waals surface area contributed by atoms with Gasteiger partial charge in [0.1, 0.15) is 0 Å². The largest absolute Gasteiger partial charge is 0.327 e. The summed E-state index contributed by atoms with van der Waals surface area (Å²) in [5, 5.41) is 0. The summed E-state index contributed by atoms with van der Waals surface area (Å²) in [6, 6.07) is 0.373. The molecule has 0 aliphatic heterocycles. The Labute approximate surface area is 103 Å². The van der Waals surface area contributed by atoms with E-state index in [0.717, 1.165) is 18.8 Å².